The van der Waals surface area contributed by atoms with E-state index in [4.69, 9.17) is 0 Å². The van der Waals surface area contributed by atoms with Crippen LogP contribution >= 0.6 is 11.3 Å². The molecule has 0 aliphatic heterocycles. The molecule has 0 aliphatic rings. The number of hydrogen-bond donors (Lipinski definition) is 0. The Bertz CT molecular complexity index is 1610. The minimum atomic E-state index is 0.187. The van der Waals surface area contributed by atoms with Crippen molar-refractivity contribution < 1.29 is 0 Å². The van der Waals surface area contributed by atoms with Crippen LogP contribution in [0.3, 0.4) is 0 Å². The van der Waals surface area contributed by atoms with Gasteiger partial charge < -0.3 is 0 Å². The molecule has 140 valence electrons. The molecule has 1 nitrogen and oxygen atoms in total. The molecule has 5 aromatic carbocycles. The highest BCUT2D eigenvalue weighted by Gasteiger charge is 2.19. The van der Waals surface area contributed by atoms with E-state index in [0.29, 0.717) is 0 Å². The zero-order chi connectivity index (χ0) is 19.5. The maximum atomic E-state index is 13.6. The Balaban J connectivity index is 1.97. The first kappa shape index (κ1) is 16.9. The minimum absolute atomic E-state index is 0.187. The van der Waals surface area contributed by atoms with Gasteiger partial charge in [0.1, 0.15) is 0 Å². The van der Waals surface area contributed by atoms with Gasteiger partial charge in [0.25, 0.3) is 0 Å². The third kappa shape index (κ3) is 2.30. The van der Waals surface area contributed by atoms with E-state index in [9.17, 15) is 4.79 Å². The molecule has 0 saturated heterocycles. The second kappa shape index (κ2) is 6.27. The maximum absolute atomic E-state index is 13.6. The Morgan fingerprint density at radius 2 is 1.45 bits per heavy atom. The first-order chi connectivity index (χ1) is 14.3. The lowest BCUT2D eigenvalue weighted by Crippen LogP contribution is -2.07. The fourth-order valence-corrected chi connectivity index (χ4v) is 6.00. The number of fused-ring (bicyclic) bond motifs is 4. The van der Waals surface area contributed by atoms with Crippen molar-refractivity contribution in [3.05, 3.63) is 82.5 Å². The van der Waals surface area contributed by atoms with E-state index in [2.05, 4.69) is 55.5 Å². The summed E-state index contributed by atoms with van der Waals surface area (Å²) in [5, 5.41) is 9.04. The smallest absolute Gasteiger partial charge is 0.194 e. The molecule has 1 heterocycles. The van der Waals surface area contributed by atoms with E-state index >= 15 is 0 Å². The Hall–Kier alpha value is -2.97. The van der Waals surface area contributed by atoms with Crippen LogP contribution in [-0.2, 0) is 6.42 Å². The minimum Gasteiger partial charge on any atom is -0.289 e. The summed E-state index contributed by atoms with van der Waals surface area (Å²) in [4.78, 5) is 13.6. The molecule has 0 bridgehead atoms. The van der Waals surface area contributed by atoms with Crippen molar-refractivity contribution in [2.45, 2.75) is 26.2 Å². The molecule has 0 amide bonds. The predicted molar refractivity (Wildman–Crippen MR) is 128 cm³/mol. The number of rotatable bonds is 3. The lowest BCUT2D eigenvalue weighted by molar-refractivity contribution is 0.799. The van der Waals surface area contributed by atoms with E-state index in [0.717, 1.165) is 40.8 Å². The molecule has 6 aromatic rings. The molecule has 0 aliphatic carbocycles. The van der Waals surface area contributed by atoms with Gasteiger partial charge in [0.05, 0.1) is 0 Å². The normalized spacial score (nSPS) is 12.2. The fraction of sp³-hybridized carbons (Fsp3) is 0.148. The highest BCUT2D eigenvalue weighted by atomic mass is 32.1. The summed E-state index contributed by atoms with van der Waals surface area (Å²) in [6.07, 6.45) is 3.16. The lowest BCUT2D eigenvalue weighted by Gasteiger charge is -2.17. The summed E-state index contributed by atoms with van der Waals surface area (Å²) in [6, 6.07) is 23.5. The van der Waals surface area contributed by atoms with Crippen molar-refractivity contribution in [1.29, 1.82) is 0 Å². The molecule has 0 saturated carbocycles. The second-order valence-corrected chi connectivity index (χ2v) is 8.98. The Morgan fingerprint density at radius 3 is 2.28 bits per heavy atom. The number of aryl methyl sites for hydroxylation is 1. The van der Waals surface area contributed by atoms with Crippen molar-refractivity contribution in [3.63, 3.8) is 0 Å². The van der Waals surface area contributed by atoms with Gasteiger partial charge in [-0.15, -0.1) is 11.3 Å². The number of benzene rings is 5. The Morgan fingerprint density at radius 1 is 0.690 bits per heavy atom. The Kier molecular flexibility index (Phi) is 3.66. The molecule has 0 atom stereocenters. The zero-order valence-electron chi connectivity index (χ0n) is 16.3. The van der Waals surface area contributed by atoms with Gasteiger partial charge >= 0.3 is 0 Å². The molecule has 0 fully saturated rings. The molecule has 0 N–H and O–H groups in total. The van der Waals surface area contributed by atoms with E-state index in [1.807, 2.05) is 29.5 Å². The second-order valence-electron chi connectivity index (χ2n) is 7.90. The summed E-state index contributed by atoms with van der Waals surface area (Å²) < 4.78 is 2.56. The third-order valence-electron chi connectivity index (χ3n) is 6.21. The molecule has 2 heteroatoms. The van der Waals surface area contributed by atoms with E-state index < -0.39 is 0 Å². The van der Waals surface area contributed by atoms with Crippen LogP contribution in [0.4, 0.5) is 0 Å². The first-order valence-corrected chi connectivity index (χ1v) is 11.1. The quantitative estimate of drug-likeness (QED) is 0.223. The van der Waals surface area contributed by atoms with Crippen LogP contribution in [-0.4, -0.2) is 0 Å². The molecule has 6 rings (SSSR count). The lowest BCUT2D eigenvalue weighted by atomic mass is 9.88. The van der Waals surface area contributed by atoms with Crippen molar-refractivity contribution in [3.8, 4) is 0 Å². The van der Waals surface area contributed by atoms with Crippen molar-refractivity contribution in [1.82, 2.24) is 0 Å². The first-order valence-electron chi connectivity index (χ1n) is 10.3. The fourth-order valence-electron chi connectivity index (χ4n) is 4.88. The zero-order valence-corrected chi connectivity index (χ0v) is 17.1. The predicted octanol–water partition coefficient (Wildman–Crippen LogP) is 7.65. The topological polar surface area (TPSA) is 17.1 Å². The van der Waals surface area contributed by atoms with Crippen LogP contribution in [0.2, 0.25) is 0 Å². The van der Waals surface area contributed by atoms with Crippen LogP contribution in [0.1, 0.15) is 25.3 Å². The highest BCUT2D eigenvalue weighted by molar-refractivity contribution is 7.25. The monoisotopic (exact) mass is 392 g/mol. The van der Waals surface area contributed by atoms with Gasteiger partial charge in [-0.3, -0.25) is 4.79 Å². The van der Waals surface area contributed by atoms with Gasteiger partial charge in [0, 0.05) is 30.9 Å². The van der Waals surface area contributed by atoms with Crippen LogP contribution in [0.15, 0.2) is 71.5 Å². The van der Waals surface area contributed by atoms with E-state index in [1.165, 1.54) is 36.5 Å². The standard InChI is InChI=1S/C27H20OS/c1-2-3-8-16-15-21-18-10-6-7-12-22(18)29-23-14-13-19-17-9-4-5-11-20(17)27(28)24(16)26(19)25(21)23/h4-7,9-15H,2-3,8H2,1H3. The van der Waals surface area contributed by atoms with E-state index in [-0.39, 0.29) is 5.43 Å². The molecular weight excluding hydrogens is 372 g/mol. The van der Waals surface area contributed by atoms with Gasteiger partial charge in [-0.25, -0.2) is 0 Å². The number of hydrogen-bond acceptors (Lipinski definition) is 2. The molecule has 0 radical (unpaired) electrons. The van der Waals surface area contributed by atoms with Gasteiger partial charge in [0.15, 0.2) is 5.43 Å². The molecule has 0 unspecified atom stereocenters. The van der Waals surface area contributed by atoms with Crippen molar-refractivity contribution in [2.75, 3.05) is 0 Å². The molecular formula is C27H20OS. The SMILES string of the molecule is CCCCc1cc2c3ccccc3sc3ccc4c5ccccc5c(=O)c1c4c32. The van der Waals surface area contributed by atoms with Crippen LogP contribution in [0.25, 0.3) is 52.5 Å². The third-order valence-corrected chi connectivity index (χ3v) is 7.35. The summed E-state index contributed by atoms with van der Waals surface area (Å²) in [5.74, 6) is 0. The summed E-state index contributed by atoms with van der Waals surface area (Å²) in [6.45, 7) is 2.21. The summed E-state index contributed by atoms with van der Waals surface area (Å²) in [5.41, 5.74) is 1.39. The molecule has 0 spiro atoms. The van der Waals surface area contributed by atoms with Crippen LogP contribution in [0, 0.1) is 0 Å². The van der Waals surface area contributed by atoms with Gasteiger partial charge in [-0.05, 0) is 58.1 Å². The maximum Gasteiger partial charge on any atom is 0.194 e. The molecule has 1 aromatic heterocycles. The van der Waals surface area contributed by atoms with Crippen LogP contribution in [0.5, 0.6) is 0 Å². The van der Waals surface area contributed by atoms with Gasteiger partial charge in [0.2, 0.25) is 0 Å². The number of unbranched alkanes of at least 4 members (excludes halogenated alkanes) is 1. The van der Waals surface area contributed by atoms with Crippen molar-refractivity contribution in [2.24, 2.45) is 0 Å². The van der Waals surface area contributed by atoms with Gasteiger partial charge in [-0.1, -0.05) is 61.9 Å². The summed E-state index contributed by atoms with van der Waals surface area (Å²) >= 11 is 1.82. The average molecular weight is 393 g/mol. The van der Waals surface area contributed by atoms with Gasteiger partial charge in [-0.2, -0.15) is 0 Å². The average Bonchev–Trinajstić information content (AvgIpc) is 2.77. The molecule has 29 heavy (non-hydrogen) atoms. The van der Waals surface area contributed by atoms with Crippen molar-refractivity contribution >= 4 is 63.8 Å². The van der Waals surface area contributed by atoms with Crippen LogP contribution < -0.4 is 5.43 Å². The highest BCUT2D eigenvalue weighted by Crippen LogP contribution is 2.43. The van der Waals surface area contributed by atoms with E-state index in [1.54, 1.807) is 0 Å². The Labute approximate surface area is 172 Å². The summed E-state index contributed by atoms with van der Waals surface area (Å²) in [7, 11) is 0. The largest absolute Gasteiger partial charge is 0.289 e.